The van der Waals surface area contributed by atoms with Crippen LogP contribution in [0.2, 0.25) is 0 Å². The SMILES string of the molecule is Cn1cnc(S(=O)(=O)N2CCC(Nc3ncc(C#N)c(O[C@H]4CCC[C@@]4(C)O)n3)CC2)c1. The zero-order valence-corrected chi connectivity index (χ0v) is 18.9. The number of sulfonamides is 1. The predicted molar refractivity (Wildman–Crippen MR) is 114 cm³/mol. The van der Waals surface area contributed by atoms with Crippen molar-refractivity contribution in [3.05, 3.63) is 24.3 Å². The standard InChI is InChI=1S/C20H27N7O4S/c1-20(28)7-3-4-16(20)31-18-14(10-21)11-22-19(25-18)24-15-5-8-27(9-6-15)32(29,30)17-12-26(2)13-23-17/h11-13,15-16,28H,3-9H2,1-2H3,(H,22,24,25)/t16-,20+/m0/s1. The van der Waals surface area contributed by atoms with Crippen molar-refractivity contribution in [3.63, 3.8) is 0 Å². The van der Waals surface area contributed by atoms with Gasteiger partial charge in [-0.2, -0.15) is 14.6 Å². The maximum absolute atomic E-state index is 12.7. The summed E-state index contributed by atoms with van der Waals surface area (Å²) >= 11 is 0. The van der Waals surface area contributed by atoms with E-state index in [1.165, 1.54) is 23.0 Å². The third kappa shape index (κ3) is 4.55. The van der Waals surface area contributed by atoms with Gasteiger partial charge in [-0.25, -0.2) is 18.4 Å². The normalized spacial score (nSPS) is 24.9. The highest BCUT2D eigenvalue weighted by Crippen LogP contribution is 2.33. The maximum Gasteiger partial charge on any atom is 0.262 e. The molecular formula is C20H27N7O4S. The number of aliphatic hydroxyl groups is 1. The van der Waals surface area contributed by atoms with E-state index >= 15 is 0 Å². The molecule has 0 radical (unpaired) electrons. The van der Waals surface area contributed by atoms with Crippen LogP contribution in [-0.2, 0) is 17.1 Å². The fraction of sp³-hybridized carbons (Fsp3) is 0.600. The third-order valence-electron chi connectivity index (χ3n) is 6.04. The largest absolute Gasteiger partial charge is 0.470 e. The van der Waals surface area contributed by atoms with Gasteiger partial charge >= 0.3 is 0 Å². The van der Waals surface area contributed by atoms with Crippen LogP contribution in [0.15, 0.2) is 23.7 Å². The highest BCUT2D eigenvalue weighted by atomic mass is 32.2. The molecule has 11 nitrogen and oxygen atoms in total. The first kappa shape index (κ1) is 22.4. The first-order chi connectivity index (χ1) is 15.2. The van der Waals surface area contributed by atoms with Crippen LogP contribution in [0.4, 0.5) is 5.95 Å². The van der Waals surface area contributed by atoms with Crippen LogP contribution in [-0.4, -0.2) is 68.2 Å². The average molecular weight is 462 g/mol. The highest BCUT2D eigenvalue weighted by molar-refractivity contribution is 7.89. The van der Waals surface area contributed by atoms with E-state index in [4.69, 9.17) is 4.74 Å². The van der Waals surface area contributed by atoms with Crippen molar-refractivity contribution in [2.75, 3.05) is 18.4 Å². The van der Waals surface area contributed by atoms with E-state index in [1.807, 2.05) is 6.07 Å². The van der Waals surface area contributed by atoms with Crippen molar-refractivity contribution < 1.29 is 18.3 Å². The summed E-state index contributed by atoms with van der Waals surface area (Å²) < 4.78 is 34.4. The Morgan fingerprint density at radius 3 is 2.66 bits per heavy atom. The van der Waals surface area contributed by atoms with Crippen LogP contribution in [0.5, 0.6) is 5.88 Å². The van der Waals surface area contributed by atoms with Crippen molar-refractivity contribution in [3.8, 4) is 11.9 Å². The average Bonchev–Trinajstić information content (AvgIpc) is 3.34. The quantitative estimate of drug-likeness (QED) is 0.644. The molecule has 32 heavy (non-hydrogen) atoms. The van der Waals surface area contributed by atoms with Crippen LogP contribution in [0.25, 0.3) is 0 Å². The summed E-state index contributed by atoms with van der Waals surface area (Å²) in [5, 5.41) is 23.1. The Bertz CT molecular complexity index is 1120. The summed E-state index contributed by atoms with van der Waals surface area (Å²) in [4.78, 5) is 12.5. The number of nitrogens with one attached hydrogen (secondary N) is 1. The minimum Gasteiger partial charge on any atom is -0.470 e. The molecule has 1 saturated heterocycles. The molecule has 2 aromatic rings. The second-order valence-corrected chi connectivity index (χ2v) is 10.5. The molecule has 2 N–H and O–H groups in total. The molecule has 0 amide bonds. The molecular weight excluding hydrogens is 434 g/mol. The lowest BCUT2D eigenvalue weighted by molar-refractivity contribution is -0.0271. The number of hydrogen-bond acceptors (Lipinski definition) is 9. The number of nitrogens with zero attached hydrogens (tertiary/aromatic N) is 6. The Hall–Kier alpha value is -2.75. The molecule has 4 rings (SSSR count). The number of aryl methyl sites for hydroxylation is 1. The van der Waals surface area contributed by atoms with Crippen molar-refractivity contribution >= 4 is 16.0 Å². The molecule has 0 aromatic carbocycles. The van der Waals surface area contributed by atoms with E-state index < -0.39 is 21.7 Å². The van der Waals surface area contributed by atoms with Crippen LogP contribution >= 0.6 is 0 Å². The number of rotatable bonds is 6. The summed E-state index contributed by atoms with van der Waals surface area (Å²) in [5.74, 6) is 0.454. The number of imidazole rings is 1. The van der Waals surface area contributed by atoms with Gasteiger partial charge in [-0.15, -0.1) is 0 Å². The van der Waals surface area contributed by atoms with Crippen LogP contribution in [0, 0.1) is 11.3 Å². The van der Waals surface area contributed by atoms with Gasteiger partial charge in [0.15, 0.2) is 5.03 Å². The second-order valence-electron chi connectivity index (χ2n) is 8.58. The van der Waals surface area contributed by atoms with Gasteiger partial charge in [0.25, 0.3) is 10.0 Å². The van der Waals surface area contributed by atoms with Crippen molar-refractivity contribution in [2.24, 2.45) is 7.05 Å². The second kappa shape index (κ2) is 8.65. The Morgan fingerprint density at radius 1 is 1.31 bits per heavy atom. The lowest BCUT2D eigenvalue weighted by atomic mass is 10.0. The van der Waals surface area contributed by atoms with Crippen LogP contribution in [0.3, 0.4) is 0 Å². The first-order valence-corrected chi connectivity index (χ1v) is 12.0. The highest BCUT2D eigenvalue weighted by Gasteiger charge is 2.39. The van der Waals surface area contributed by atoms with E-state index in [-0.39, 0.29) is 22.5 Å². The van der Waals surface area contributed by atoms with Crippen molar-refractivity contribution in [1.82, 2.24) is 23.8 Å². The van der Waals surface area contributed by atoms with Crippen LogP contribution in [0.1, 0.15) is 44.6 Å². The Kier molecular flexibility index (Phi) is 6.07. The van der Waals surface area contributed by atoms with Gasteiger partial charge in [0, 0.05) is 32.4 Å². The Morgan fingerprint density at radius 2 is 2.06 bits per heavy atom. The number of nitriles is 1. The molecule has 1 aliphatic carbocycles. The summed E-state index contributed by atoms with van der Waals surface area (Å²) in [6.07, 6.45) is 7.24. The summed E-state index contributed by atoms with van der Waals surface area (Å²) in [5.41, 5.74) is -0.758. The Labute approximate surface area is 187 Å². The monoisotopic (exact) mass is 461 g/mol. The molecule has 2 aliphatic rings. The number of ether oxygens (including phenoxy) is 1. The molecule has 0 spiro atoms. The molecule has 2 aromatic heterocycles. The molecule has 1 saturated carbocycles. The third-order valence-corrected chi connectivity index (χ3v) is 7.83. The van der Waals surface area contributed by atoms with E-state index in [2.05, 4.69) is 20.3 Å². The number of hydrogen-bond donors (Lipinski definition) is 2. The van der Waals surface area contributed by atoms with Gasteiger partial charge in [-0.05, 0) is 39.0 Å². The molecule has 1 aliphatic heterocycles. The van der Waals surface area contributed by atoms with E-state index in [1.54, 1.807) is 18.5 Å². The van der Waals surface area contributed by atoms with Crippen LogP contribution < -0.4 is 10.1 Å². The molecule has 12 heteroatoms. The molecule has 2 atom stereocenters. The van der Waals surface area contributed by atoms with Gasteiger partial charge in [-0.1, -0.05) is 0 Å². The Balaban J connectivity index is 1.40. The van der Waals surface area contributed by atoms with Gasteiger partial charge < -0.3 is 19.7 Å². The van der Waals surface area contributed by atoms with Gasteiger partial charge in [0.05, 0.1) is 18.1 Å². The summed E-state index contributed by atoms with van der Waals surface area (Å²) in [6, 6.07) is 2.00. The maximum atomic E-state index is 12.7. The molecule has 2 fully saturated rings. The van der Waals surface area contributed by atoms with Gasteiger partial charge in [0.2, 0.25) is 11.8 Å². The lowest BCUT2D eigenvalue weighted by Crippen LogP contribution is -2.42. The molecule has 3 heterocycles. The smallest absolute Gasteiger partial charge is 0.262 e. The van der Waals surface area contributed by atoms with Crippen molar-refractivity contribution in [1.29, 1.82) is 5.26 Å². The minimum absolute atomic E-state index is 0.0273. The van der Waals surface area contributed by atoms with E-state index in [0.29, 0.717) is 44.7 Å². The molecule has 0 bridgehead atoms. The molecule has 0 unspecified atom stereocenters. The van der Waals surface area contributed by atoms with Gasteiger partial charge in [0.1, 0.15) is 17.7 Å². The summed E-state index contributed by atoms with van der Waals surface area (Å²) in [6.45, 7) is 2.42. The number of aromatic nitrogens is 4. The zero-order valence-electron chi connectivity index (χ0n) is 18.1. The lowest BCUT2D eigenvalue weighted by Gasteiger charge is -2.31. The minimum atomic E-state index is -3.62. The fourth-order valence-corrected chi connectivity index (χ4v) is 5.55. The van der Waals surface area contributed by atoms with Crippen molar-refractivity contribution in [2.45, 2.75) is 61.8 Å². The summed E-state index contributed by atoms with van der Waals surface area (Å²) in [7, 11) is -1.89. The van der Waals surface area contributed by atoms with E-state index in [0.717, 1.165) is 6.42 Å². The predicted octanol–water partition coefficient (Wildman–Crippen LogP) is 1.03. The topological polar surface area (TPSA) is 146 Å². The fourth-order valence-electron chi connectivity index (χ4n) is 4.12. The van der Waals surface area contributed by atoms with E-state index in [9.17, 15) is 18.8 Å². The number of piperidine rings is 1. The first-order valence-electron chi connectivity index (χ1n) is 10.6. The zero-order chi connectivity index (χ0) is 22.9. The number of anilines is 1. The van der Waals surface area contributed by atoms with Gasteiger partial charge in [-0.3, -0.25) is 0 Å². The molecule has 172 valence electrons.